The maximum atomic E-state index is 5.69. The van der Waals surface area contributed by atoms with Crippen molar-refractivity contribution in [2.75, 3.05) is 26.7 Å². The van der Waals surface area contributed by atoms with Crippen LogP contribution in [0.4, 0.5) is 0 Å². The Morgan fingerprint density at radius 2 is 2.19 bits per heavy atom. The van der Waals surface area contributed by atoms with E-state index in [1.165, 1.54) is 25.9 Å². The summed E-state index contributed by atoms with van der Waals surface area (Å²) in [7, 11) is 2.17. The van der Waals surface area contributed by atoms with Crippen LogP contribution in [0.3, 0.4) is 0 Å². The zero-order valence-corrected chi connectivity index (χ0v) is 11.1. The van der Waals surface area contributed by atoms with Crippen LogP contribution in [0.25, 0.3) is 0 Å². The van der Waals surface area contributed by atoms with E-state index in [0.29, 0.717) is 5.92 Å². The molecule has 2 heterocycles. The van der Waals surface area contributed by atoms with Gasteiger partial charge in [0.15, 0.2) is 0 Å². The minimum atomic E-state index is 0.682. The summed E-state index contributed by atoms with van der Waals surface area (Å²) in [5.74, 6) is 1.41. The largest absolute Gasteiger partial charge is 0.477 e. The molecule has 0 amide bonds. The van der Waals surface area contributed by atoms with E-state index in [1.54, 1.807) is 6.20 Å². The van der Waals surface area contributed by atoms with E-state index < -0.39 is 0 Å². The van der Waals surface area contributed by atoms with Gasteiger partial charge in [-0.3, -0.25) is 0 Å². The summed E-state index contributed by atoms with van der Waals surface area (Å²) in [5.41, 5.74) is 0. The molecule has 1 saturated heterocycles. The van der Waals surface area contributed by atoms with E-state index in [1.807, 2.05) is 12.1 Å². The number of pyridine rings is 1. The second-order valence-electron chi connectivity index (χ2n) is 4.37. The van der Waals surface area contributed by atoms with Crippen LogP contribution in [0.5, 0.6) is 5.88 Å². The fourth-order valence-electron chi connectivity index (χ4n) is 1.88. The molecule has 3 nitrogen and oxygen atoms in total. The molecule has 1 fully saturated rings. The van der Waals surface area contributed by atoms with Crippen LogP contribution >= 0.6 is 15.9 Å². The number of likely N-dealkylation sites (tertiary alicyclic amines) is 1. The van der Waals surface area contributed by atoms with Gasteiger partial charge in [0, 0.05) is 16.7 Å². The number of hydrogen-bond acceptors (Lipinski definition) is 3. The van der Waals surface area contributed by atoms with Gasteiger partial charge >= 0.3 is 0 Å². The van der Waals surface area contributed by atoms with Crippen LogP contribution < -0.4 is 4.74 Å². The van der Waals surface area contributed by atoms with Crippen LogP contribution in [0, 0.1) is 5.92 Å². The van der Waals surface area contributed by atoms with Crippen molar-refractivity contribution in [1.29, 1.82) is 0 Å². The highest BCUT2D eigenvalue weighted by Crippen LogP contribution is 2.18. The molecule has 1 aliphatic rings. The quantitative estimate of drug-likeness (QED) is 0.853. The molecule has 1 aromatic heterocycles. The summed E-state index contributed by atoms with van der Waals surface area (Å²) in [6.07, 6.45) is 4.23. The van der Waals surface area contributed by atoms with Crippen molar-refractivity contribution in [1.82, 2.24) is 9.88 Å². The zero-order valence-electron chi connectivity index (χ0n) is 9.53. The first-order valence-electron chi connectivity index (χ1n) is 5.67. The lowest BCUT2D eigenvalue weighted by atomic mass is 9.98. The predicted octanol–water partition coefficient (Wildman–Crippen LogP) is 2.56. The molecule has 0 aliphatic carbocycles. The molecular formula is C12H17BrN2O. The lowest BCUT2D eigenvalue weighted by Gasteiger charge is -2.28. The molecule has 88 valence electrons. The lowest BCUT2D eigenvalue weighted by molar-refractivity contribution is 0.157. The van der Waals surface area contributed by atoms with Crippen molar-refractivity contribution in [3.8, 4) is 5.88 Å². The molecular weight excluding hydrogens is 268 g/mol. The van der Waals surface area contributed by atoms with E-state index >= 15 is 0 Å². The number of rotatable bonds is 3. The summed E-state index contributed by atoms with van der Waals surface area (Å²) in [5, 5.41) is 0. The fourth-order valence-corrected chi connectivity index (χ4v) is 2.11. The highest BCUT2D eigenvalue weighted by molar-refractivity contribution is 9.10. The summed E-state index contributed by atoms with van der Waals surface area (Å²) >= 11 is 3.36. The third-order valence-corrected chi connectivity index (χ3v) is 3.47. The normalized spacial score (nSPS) is 18.6. The van der Waals surface area contributed by atoms with Crippen LogP contribution in [0.2, 0.25) is 0 Å². The van der Waals surface area contributed by atoms with Crippen LogP contribution in [0.1, 0.15) is 12.8 Å². The van der Waals surface area contributed by atoms with Crippen molar-refractivity contribution in [2.45, 2.75) is 12.8 Å². The van der Waals surface area contributed by atoms with E-state index in [2.05, 4.69) is 32.9 Å². The smallest absolute Gasteiger partial charge is 0.213 e. The van der Waals surface area contributed by atoms with Gasteiger partial charge < -0.3 is 9.64 Å². The SMILES string of the molecule is CN1CCC(COc2ccc(Br)cn2)CC1. The molecule has 0 aromatic carbocycles. The molecule has 0 N–H and O–H groups in total. The third-order valence-electron chi connectivity index (χ3n) is 3.01. The molecule has 0 saturated carbocycles. The summed E-state index contributed by atoms with van der Waals surface area (Å²) in [4.78, 5) is 6.57. The standard InChI is InChI=1S/C12H17BrN2O/c1-15-6-4-10(5-7-15)9-16-12-3-2-11(13)8-14-12/h2-3,8,10H,4-7,9H2,1H3. The average molecular weight is 285 g/mol. The lowest BCUT2D eigenvalue weighted by Crippen LogP contribution is -2.32. The first kappa shape index (κ1) is 11.9. The van der Waals surface area contributed by atoms with Crippen LogP contribution in [-0.2, 0) is 0 Å². The van der Waals surface area contributed by atoms with Crippen molar-refractivity contribution in [2.24, 2.45) is 5.92 Å². The van der Waals surface area contributed by atoms with Crippen molar-refractivity contribution in [3.05, 3.63) is 22.8 Å². The fraction of sp³-hybridized carbons (Fsp3) is 0.583. The highest BCUT2D eigenvalue weighted by Gasteiger charge is 2.17. The van der Waals surface area contributed by atoms with Gasteiger partial charge in [-0.25, -0.2) is 4.98 Å². The Morgan fingerprint density at radius 3 is 2.81 bits per heavy atom. The van der Waals surface area contributed by atoms with Crippen molar-refractivity contribution < 1.29 is 4.74 Å². The van der Waals surface area contributed by atoms with E-state index in [9.17, 15) is 0 Å². The highest BCUT2D eigenvalue weighted by atomic mass is 79.9. The van der Waals surface area contributed by atoms with Gasteiger partial charge in [-0.15, -0.1) is 0 Å². The zero-order chi connectivity index (χ0) is 11.4. The number of hydrogen-bond donors (Lipinski definition) is 0. The molecule has 0 spiro atoms. The van der Waals surface area contributed by atoms with Gasteiger partial charge in [0.25, 0.3) is 0 Å². The Labute approximate surface area is 105 Å². The van der Waals surface area contributed by atoms with E-state index in [0.717, 1.165) is 17.0 Å². The maximum absolute atomic E-state index is 5.69. The monoisotopic (exact) mass is 284 g/mol. The molecule has 0 atom stereocenters. The first-order chi connectivity index (χ1) is 7.74. The number of piperidine rings is 1. The molecule has 16 heavy (non-hydrogen) atoms. The maximum Gasteiger partial charge on any atom is 0.213 e. The molecule has 0 unspecified atom stereocenters. The topological polar surface area (TPSA) is 25.4 Å². The van der Waals surface area contributed by atoms with Gasteiger partial charge in [-0.1, -0.05) is 0 Å². The van der Waals surface area contributed by atoms with Gasteiger partial charge in [0.2, 0.25) is 5.88 Å². The number of aromatic nitrogens is 1. The summed E-state index contributed by atoms with van der Waals surface area (Å²) in [6.45, 7) is 3.16. The summed E-state index contributed by atoms with van der Waals surface area (Å²) < 4.78 is 6.67. The molecule has 2 rings (SSSR count). The van der Waals surface area contributed by atoms with Crippen molar-refractivity contribution >= 4 is 15.9 Å². The average Bonchev–Trinajstić information content (AvgIpc) is 2.30. The molecule has 0 bridgehead atoms. The Kier molecular flexibility index (Phi) is 4.18. The second kappa shape index (κ2) is 5.64. The van der Waals surface area contributed by atoms with Gasteiger partial charge in [0.05, 0.1) is 6.61 Å². The van der Waals surface area contributed by atoms with Gasteiger partial charge in [-0.2, -0.15) is 0 Å². The number of halogens is 1. The van der Waals surface area contributed by atoms with E-state index in [4.69, 9.17) is 4.74 Å². The Balaban J connectivity index is 1.77. The number of nitrogens with zero attached hydrogens (tertiary/aromatic N) is 2. The van der Waals surface area contributed by atoms with Gasteiger partial charge in [0.1, 0.15) is 0 Å². The summed E-state index contributed by atoms with van der Waals surface area (Å²) in [6, 6.07) is 3.86. The Hall–Kier alpha value is -0.610. The predicted molar refractivity (Wildman–Crippen MR) is 67.7 cm³/mol. The van der Waals surface area contributed by atoms with Crippen molar-refractivity contribution in [3.63, 3.8) is 0 Å². The Morgan fingerprint density at radius 1 is 1.44 bits per heavy atom. The minimum absolute atomic E-state index is 0.682. The first-order valence-corrected chi connectivity index (χ1v) is 6.46. The van der Waals surface area contributed by atoms with Crippen LogP contribution in [-0.4, -0.2) is 36.6 Å². The number of ether oxygens (including phenoxy) is 1. The van der Waals surface area contributed by atoms with E-state index in [-0.39, 0.29) is 0 Å². The molecule has 4 heteroatoms. The second-order valence-corrected chi connectivity index (χ2v) is 5.29. The van der Waals surface area contributed by atoms with Crippen LogP contribution in [0.15, 0.2) is 22.8 Å². The third kappa shape index (κ3) is 3.46. The molecule has 0 radical (unpaired) electrons. The van der Waals surface area contributed by atoms with Gasteiger partial charge in [-0.05, 0) is 60.9 Å². The molecule has 1 aromatic rings. The molecule has 1 aliphatic heterocycles. The Bertz CT molecular complexity index is 320. The minimum Gasteiger partial charge on any atom is -0.477 e.